The van der Waals surface area contributed by atoms with Gasteiger partial charge in [0, 0.05) is 32.0 Å². The van der Waals surface area contributed by atoms with Crippen molar-refractivity contribution in [2.45, 2.75) is 13.3 Å². The number of nitro groups is 1. The van der Waals surface area contributed by atoms with Gasteiger partial charge in [-0.25, -0.2) is 4.79 Å². The van der Waals surface area contributed by atoms with Gasteiger partial charge in [-0.05, 0) is 31.1 Å². The molecule has 0 spiro atoms. The van der Waals surface area contributed by atoms with Crippen molar-refractivity contribution in [2.24, 2.45) is 0 Å². The number of nitro benzene ring substituents is 1. The smallest absolute Gasteiger partial charge is 0.340 e. The van der Waals surface area contributed by atoms with Crippen LogP contribution in [0, 0.1) is 10.1 Å². The Morgan fingerprint density at radius 2 is 2.00 bits per heavy atom. The Kier molecular flexibility index (Phi) is 6.89. The first-order valence-electron chi connectivity index (χ1n) is 8.50. The lowest BCUT2D eigenvalue weighted by atomic mass is 10.0. The molecule has 1 heterocycles. The third-order valence-corrected chi connectivity index (χ3v) is 4.34. The number of amides is 1. The first kappa shape index (κ1) is 21.1. The van der Waals surface area contributed by atoms with Gasteiger partial charge in [-0.2, -0.15) is 0 Å². The zero-order chi connectivity index (χ0) is 20.8. The van der Waals surface area contributed by atoms with Crippen molar-refractivity contribution in [3.8, 4) is 5.75 Å². The highest BCUT2D eigenvalue weighted by Gasteiger charge is 2.36. The molecule has 0 bridgehead atoms. The molecule has 1 aliphatic rings. The molecule has 0 aromatic heterocycles. The second-order valence-corrected chi connectivity index (χ2v) is 6.00. The topological polar surface area (TPSA) is 108 Å². The van der Waals surface area contributed by atoms with Crippen LogP contribution in [0.15, 0.2) is 35.0 Å². The van der Waals surface area contributed by atoms with Crippen LogP contribution in [-0.4, -0.2) is 56.2 Å². The highest BCUT2D eigenvalue weighted by atomic mass is 16.6. The van der Waals surface area contributed by atoms with Gasteiger partial charge in [-0.15, -0.1) is 0 Å². The molecule has 1 amide bonds. The van der Waals surface area contributed by atoms with Gasteiger partial charge >= 0.3 is 11.7 Å². The SMILES string of the molecule is COCCCN1C(=O)/C(=C\c2ccc(OC)c([N+](=O)[O-])c2)C(C(=O)OC)=C1C. The minimum Gasteiger partial charge on any atom is -0.490 e. The predicted molar refractivity (Wildman–Crippen MR) is 101 cm³/mol. The zero-order valence-electron chi connectivity index (χ0n) is 16.2. The summed E-state index contributed by atoms with van der Waals surface area (Å²) in [7, 11) is 4.13. The van der Waals surface area contributed by atoms with Crippen LogP contribution < -0.4 is 4.74 Å². The van der Waals surface area contributed by atoms with Crippen LogP contribution in [0.4, 0.5) is 5.69 Å². The molecule has 0 unspecified atom stereocenters. The molecular formula is C19H22N2O7. The van der Waals surface area contributed by atoms with Crippen LogP contribution in [0.5, 0.6) is 5.75 Å². The van der Waals surface area contributed by atoms with Gasteiger partial charge in [0.1, 0.15) is 0 Å². The molecule has 0 saturated heterocycles. The highest BCUT2D eigenvalue weighted by molar-refractivity contribution is 6.16. The molecule has 150 valence electrons. The van der Waals surface area contributed by atoms with Crippen molar-refractivity contribution in [3.05, 3.63) is 50.7 Å². The molecule has 1 aromatic carbocycles. The van der Waals surface area contributed by atoms with E-state index in [1.165, 1.54) is 37.3 Å². The van der Waals surface area contributed by atoms with Crippen molar-refractivity contribution in [1.29, 1.82) is 0 Å². The van der Waals surface area contributed by atoms with Crippen LogP contribution >= 0.6 is 0 Å². The molecule has 0 saturated carbocycles. The molecule has 0 radical (unpaired) electrons. The summed E-state index contributed by atoms with van der Waals surface area (Å²) in [6.07, 6.45) is 2.04. The summed E-state index contributed by atoms with van der Waals surface area (Å²) in [6, 6.07) is 4.30. The van der Waals surface area contributed by atoms with E-state index in [1.807, 2.05) is 0 Å². The Morgan fingerprint density at radius 1 is 1.29 bits per heavy atom. The number of hydrogen-bond acceptors (Lipinski definition) is 7. The minimum absolute atomic E-state index is 0.103. The summed E-state index contributed by atoms with van der Waals surface area (Å²) >= 11 is 0. The number of carbonyl (C=O) groups excluding carboxylic acids is 2. The fourth-order valence-corrected chi connectivity index (χ4v) is 2.97. The van der Waals surface area contributed by atoms with Crippen LogP contribution in [0.25, 0.3) is 6.08 Å². The average Bonchev–Trinajstić information content (AvgIpc) is 2.91. The Labute approximate surface area is 162 Å². The third kappa shape index (κ3) is 4.20. The lowest BCUT2D eigenvalue weighted by molar-refractivity contribution is -0.385. The van der Waals surface area contributed by atoms with E-state index in [0.29, 0.717) is 30.8 Å². The summed E-state index contributed by atoms with van der Waals surface area (Å²) in [5, 5.41) is 11.2. The van der Waals surface area contributed by atoms with Gasteiger partial charge in [-0.3, -0.25) is 14.9 Å². The summed E-state index contributed by atoms with van der Waals surface area (Å²) in [6.45, 7) is 2.50. The Morgan fingerprint density at radius 3 is 2.57 bits per heavy atom. The van der Waals surface area contributed by atoms with Crippen molar-refractivity contribution in [3.63, 3.8) is 0 Å². The van der Waals surface area contributed by atoms with Crippen molar-refractivity contribution in [1.82, 2.24) is 4.90 Å². The number of rotatable bonds is 8. The molecule has 0 aliphatic carbocycles. The van der Waals surface area contributed by atoms with Gasteiger partial charge in [-0.1, -0.05) is 6.07 Å². The number of nitrogens with zero attached hydrogens (tertiary/aromatic N) is 2. The van der Waals surface area contributed by atoms with E-state index >= 15 is 0 Å². The van der Waals surface area contributed by atoms with E-state index in [2.05, 4.69) is 0 Å². The number of esters is 1. The molecule has 0 N–H and O–H groups in total. The van der Waals surface area contributed by atoms with Crippen LogP contribution in [0.2, 0.25) is 0 Å². The number of methoxy groups -OCH3 is 3. The van der Waals surface area contributed by atoms with E-state index < -0.39 is 10.9 Å². The minimum atomic E-state index is -0.644. The maximum absolute atomic E-state index is 12.9. The summed E-state index contributed by atoms with van der Waals surface area (Å²) in [5.74, 6) is -0.909. The highest BCUT2D eigenvalue weighted by Crippen LogP contribution is 2.33. The molecule has 2 rings (SSSR count). The summed E-state index contributed by atoms with van der Waals surface area (Å²) in [5.41, 5.74) is 0.898. The molecule has 9 nitrogen and oxygen atoms in total. The van der Waals surface area contributed by atoms with Gasteiger partial charge in [0.15, 0.2) is 5.75 Å². The maximum atomic E-state index is 12.9. The van der Waals surface area contributed by atoms with Crippen LogP contribution in [0.3, 0.4) is 0 Å². The van der Waals surface area contributed by atoms with Gasteiger partial charge in [0.25, 0.3) is 5.91 Å². The van der Waals surface area contributed by atoms with Crippen LogP contribution in [0.1, 0.15) is 18.9 Å². The number of hydrogen-bond donors (Lipinski definition) is 0. The van der Waals surface area contributed by atoms with Gasteiger partial charge in [0.05, 0.1) is 30.3 Å². The molecule has 0 fully saturated rings. The van der Waals surface area contributed by atoms with Crippen LogP contribution in [-0.2, 0) is 19.1 Å². The Bertz CT molecular complexity index is 858. The first-order chi connectivity index (χ1) is 13.3. The zero-order valence-corrected chi connectivity index (χ0v) is 16.2. The Balaban J connectivity index is 2.49. The second kappa shape index (κ2) is 9.14. The first-order valence-corrected chi connectivity index (χ1v) is 8.50. The lowest BCUT2D eigenvalue weighted by Crippen LogP contribution is -2.26. The second-order valence-electron chi connectivity index (χ2n) is 6.00. The maximum Gasteiger partial charge on any atom is 0.340 e. The van der Waals surface area contributed by atoms with E-state index in [0.717, 1.165) is 0 Å². The average molecular weight is 390 g/mol. The van der Waals surface area contributed by atoms with Crippen molar-refractivity contribution >= 4 is 23.6 Å². The standard InChI is InChI=1S/C19H22N2O7/c1-12-17(19(23)28-4)14(18(22)20(12)8-5-9-26-2)10-13-6-7-16(27-3)15(11-13)21(24)25/h6-7,10-11H,5,8-9H2,1-4H3/b14-10-. The largest absolute Gasteiger partial charge is 0.490 e. The number of ether oxygens (including phenoxy) is 3. The fraction of sp³-hybridized carbons (Fsp3) is 0.368. The quantitative estimate of drug-likeness (QED) is 0.220. The van der Waals surface area contributed by atoms with E-state index in [-0.39, 0.29) is 28.5 Å². The summed E-state index contributed by atoms with van der Waals surface area (Å²) < 4.78 is 14.8. The normalized spacial score (nSPS) is 15.4. The molecule has 0 atom stereocenters. The predicted octanol–water partition coefficient (Wildman–Crippen LogP) is 2.31. The van der Waals surface area contributed by atoms with Gasteiger partial charge < -0.3 is 19.1 Å². The number of benzene rings is 1. The van der Waals surface area contributed by atoms with E-state index in [1.54, 1.807) is 20.1 Å². The molecule has 28 heavy (non-hydrogen) atoms. The monoisotopic (exact) mass is 390 g/mol. The third-order valence-electron chi connectivity index (χ3n) is 4.34. The van der Waals surface area contributed by atoms with E-state index in [9.17, 15) is 19.7 Å². The molecule has 1 aliphatic heterocycles. The summed E-state index contributed by atoms with van der Waals surface area (Å²) in [4.78, 5) is 37.3. The Hall–Kier alpha value is -3.20. The molecular weight excluding hydrogens is 368 g/mol. The molecule has 1 aromatic rings. The molecule has 9 heteroatoms. The van der Waals surface area contributed by atoms with E-state index in [4.69, 9.17) is 14.2 Å². The fourth-order valence-electron chi connectivity index (χ4n) is 2.97. The van der Waals surface area contributed by atoms with Crippen molar-refractivity contribution < 1.29 is 28.7 Å². The number of carbonyl (C=O) groups is 2. The van der Waals surface area contributed by atoms with Gasteiger partial charge in [0.2, 0.25) is 0 Å². The number of allylic oxidation sites excluding steroid dienone is 1. The lowest BCUT2D eigenvalue weighted by Gasteiger charge is -2.17. The van der Waals surface area contributed by atoms with Crippen molar-refractivity contribution in [2.75, 3.05) is 34.5 Å².